The van der Waals surface area contributed by atoms with Gasteiger partial charge in [0.15, 0.2) is 0 Å². The van der Waals surface area contributed by atoms with Crippen LogP contribution in [0.3, 0.4) is 0 Å². The summed E-state index contributed by atoms with van der Waals surface area (Å²) >= 11 is 0. The van der Waals surface area contributed by atoms with Crippen molar-refractivity contribution in [3.63, 3.8) is 0 Å². The summed E-state index contributed by atoms with van der Waals surface area (Å²) in [7, 11) is 0. The Bertz CT molecular complexity index is 139. The first-order valence-corrected chi connectivity index (χ1v) is 5.76. The van der Waals surface area contributed by atoms with E-state index in [2.05, 4.69) is 5.32 Å². The first kappa shape index (κ1) is 9.47. The van der Waals surface area contributed by atoms with Gasteiger partial charge in [-0.3, -0.25) is 0 Å². The quantitative estimate of drug-likeness (QED) is 0.719. The smallest absolute Gasteiger partial charge is 0.0620 e. The van der Waals surface area contributed by atoms with Crippen LogP contribution < -0.4 is 5.32 Å². The van der Waals surface area contributed by atoms with Crippen molar-refractivity contribution in [3.8, 4) is 0 Å². The van der Waals surface area contributed by atoms with Crippen LogP contribution in [0.15, 0.2) is 0 Å². The van der Waals surface area contributed by atoms with Crippen molar-refractivity contribution >= 4 is 0 Å². The highest BCUT2D eigenvalue weighted by Gasteiger charge is 2.18. The van der Waals surface area contributed by atoms with Crippen molar-refractivity contribution in [1.82, 2.24) is 5.32 Å². The summed E-state index contributed by atoms with van der Waals surface area (Å²) in [6.07, 6.45) is 8.41. The van der Waals surface area contributed by atoms with Gasteiger partial charge in [0.1, 0.15) is 0 Å². The number of hydrogen-bond donors (Lipinski definition) is 1. The Hall–Kier alpha value is -0.0800. The van der Waals surface area contributed by atoms with Crippen LogP contribution in [0.1, 0.15) is 38.5 Å². The standard InChI is InChI=1S/C11H21NO/c1-2-4-10(5-3-1)8-13-9-11-6-7-12-11/h10-12H,1-9H2/t11-/m0/s1. The Morgan fingerprint density at radius 3 is 2.38 bits per heavy atom. The summed E-state index contributed by atoms with van der Waals surface area (Å²) < 4.78 is 5.71. The van der Waals surface area contributed by atoms with Gasteiger partial charge in [-0.1, -0.05) is 19.3 Å². The zero-order valence-electron chi connectivity index (χ0n) is 8.43. The molecule has 1 saturated carbocycles. The molecule has 1 N–H and O–H groups in total. The maximum atomic E-state index is 5.71. The van der Waals surface area contributed by atoms with Gasteiger partial charge in [-0.25, -0.2) is 0 Å². The predicted molar refractivity (Wildman–Crippen MR) is 53.8 cm³/mol. The van der Waals surface area contributed by atoms with E-state index < -0.39 is 0 Å². The lowest BCUT2D eigenvalue weighted by Crippen LogP contribution is -2.46. The SMILES string of the molecule is C1CCC(COC[C@@H]2CCN2)CC1. The molecule has 1 heterocycles. The summed E-state index contributed by atoms with van der Waals surface area (Å²) in [6.45, 7) is 3.14. The maximum Gasteiger partial charge on any atom is 0.0620 e. The Labute approximate surface area is 81.0 Å². The summed E-state index contributed by atoms with van der Waals surface area (Å²) in [6, 6.07) is 0.670. The highest BCUT2D eigenvalue weighted by atomic mass is 16.5. The largest absolute Gasteiger partial charge is 0.380 e. The molecule has 2 rings (SSSR count). The highest BCUT2D eigenvalue weighted by molar-refractivity contribution is 4.76. The average Bonchev–Trinajstić information content (AvgIpc) is 2.11. The van der Waals surface area contributed by atoms with E-state index in [0.29, 0.717) is 6.04 Å². The van der Waals surface area contributed by atoms with E-state index in [1.165, 1.54) is 45.1 Å². The molecule has 2 fully saturated rings. The van der Waals surface area contributed by atoms with Gasteiger partial charge in [0, 0.05) is 12.6 Å². The van der Waals surface area contributed by atoms with E-state index in [9.17, 15) is 0 Å². The van der Waals surface area contributed by atoms with E-state index in [1.54, 1.807) is 0 Å². The van der Waals surface area contributed by atoms with Crippen LogP contribution in [0.25, 0.3) is 0 Å². The van der Waals surface area contributed by atoms with Crippen LogP contribution in [0, 0.1) is 5.92 Å². The minimum Gasteiger partial charge on any atom is -0.380 e. The fourth-order valence-corrected chi connectivity index (χ4v) is 2.22. The van der Waals surface area contributed by atoms with Gasteiger partial charge in [-0.15, -0.1) is 0 Å². The molecule has 0 unspecified atom stereocenters. The van der Waals surface area contributed by atoms with Gasteiger partial charge >= 0.3 is 0 Å². The number of rotatable bonds is 4. The molecule has 13 heavy (non-hydrogen) atoms. The second-order valence-corrected chi connectivity index (χ2v) is 4.48. The van der Waals surface area contributed by atoms with Gasteiger partial charge < -0.3 is 10.1 Å². The molecular weight excluding hydrogens is 162 g/mol. The van der Waals surface area contributed by atoms with Crippen LogP contribution in [-0.4, -0.2) is 25.8 Å². The van der Waals surface area contributed by atoms with Crippen LogP contribution in [0.5, 0.6) is 0 Å². The fraction of sp³-hybridized carbons (Fsp3) is 1.00. The van der Waals surface area contributed by atoms with Crippen molar-refractivity contribution in [2.75, 3.05) is 19.8 Å². The lowest BCUT2D eigenvalue weighted by molar-refractivity contribution is 0.0565. The summed E-state index contributed by atoms with van der Waals surface area (Å²) in [5.41, 5.74) is 0. The lowest BCUT2D eigenvalue weighted by Gasteiger charge is -2.28. The minimum atomic E-state index is 0.670. The molecule has 0 amide bonds. The van der Waals surface area contributed by atoms with E-state index in [-0.39, 0.29) is 0 Å². The average molecular weight is 183 g/mol. The van der Waals surface area contributed by atoms with E-state index in [0.717, 1.165) is 19.1 Å². The van der Waals surface area contributed by atoms with Crippen molar-refractivity contribution in [1.29, 1.82) is 0 Å². The number of ether oxygens (including phenoxy) is 1. The van der Waals surface area contributed by atoms with Crippen LogP contribution >= 0.6 is 0 Å². The second-order valence-electron chi connectivity index (χ2n) is 4.48. The van der Waals surface area contributed by atoms with Crippen LogP contribution in [0.4, 0.5) is 0 Å². The van der Waals surface area contributed by atoms with Crippen molar-refractivity contribution in [2.24, 2.45) is 5.92 Å². The van der Waals surface area contributed by atoms with E-state index in [4.69, 9.17) is 4.74 Å². The fourth-order valence-electron chi connectivity index (χ4n) is 2.22. The number of nitrogens with one attached hydrogen (secondary N) is 1. The monoisotopic (exact) mass is 183 g/mol. The maximum absolute atomic E-state index is 5.71. The third-order valence-corrected chi connectivity index (χ3v) is 3.32. The Morgan fingerprint density at radius 2 is 1.77 bits per heavy atom. The Morgan fingerprint density at radius 1 is 1.00 bits per heavy atom. The van der Waals surface area contributed by atoms with Crippen molar-refractivity contribution < 1.29 is 4.74 Å². The van der Waals surface area contributed by atoms with E-state index >= 15 is 0 Å². The highest BCUT2D eigenvalue weighted by Crippen LogP contribution is 2.23. The zero-order chi connectivity index (χ0) is 8.93. The predicted octanol–water partition coefficient (Wildman–Crippen LogP) is 1.95. The minimum absolute atomic E-state index is 0.670. The molecule has 0 bridgehead atoms. The van der Waals surface area contributed by atoms with Gasteiger partial charge in [0.2, 0.25) is 0 Å². The van der Waals surface area contributed by atoms with Gasteiger partial charge in [0.05, 0.1) is 6.61 Å². The Kier molecular flexibility index (Phi) is 3.62. The first-order chi connectivity index (χ1) is 6.45. The van der Waals surface area contributed by atoms with Gasteiger partial charge in [-0.05, 0) is 31.7 Å². The summed E-state index contributed by atoms with van der Waals surface area (Å²) in [4.78, 5) is 0. The van der Waals surface area contributed by atoms with Gasteiger partial charge in [-0.2, -0.15) is 0 Å². The van der Waals surface area contributed by atoms with Crippen molar-refractivity contribution in [2.45, 2.75) is 44.6 Å². The van der Waals surface area contributed by atoms with Crippen LogP contribution in [-0.2, 0) is 4.74 Å². The molecule has 2 aliphatic rings. The molecule has 76 valence electrons. The normalized spacial score (nSPS) is 30.0. The molecule has 0 aromatic carbocycles. The molecule has 1 aliphatic heterocycles. The lowest BCUT2D eigenvalue weighted by atomic mass is 9.90. The third kappa shape index (κ3) is 2.96. The molecule has 1 saturated heterocycles. The molecule has 1 aliphatic carbocycles. The Balaban J connectivity index is 1.50. The molecule has 2 heteroatoms. The molecule has 0 aromatic heterocycles. The zero-order valence-corrected chi connectivity index (χ0v) is 8.43. The first-order valence-electron chi connectivity index (χ1n) is 5.76. The molecule has 0 spiro atoms. The van der Waals surface area contributed by atoms with Crippen molar-refractivity contribution in [3.05, 3.63) is 0 Å². The number of hydrogen-bond acceptors (Lipinski definition) is 2. The summed E-state index contributed by atoms with van der Waals surface area (Å²) in [5.74, 6) is 0.869. The topological polar surface area (TPSA) is 21.3 Å². The molecule has 2 nitrogen and oxygen atoms in total. The molecule has 1 atom stereocenters. The second kappa shape index (κ2) is 4.97. The van der Waals surface area contributed by atoms with Crippen LogP contribution in [0.2, 0.25) is 0 Å². The molecule has 0 aromatic rings. The van der Waals surface area contributed by atoms with Gasteiger partial charge in [0.25, 0.3) is 0 Å². The summed E-state index contributed by atoms with van der Waals surface area (Å²) in [5, 5.41) is 3.36. The molecule has 0 radical (unpaired) electrons. The van der Waals surface area contributed by atoms with E-state index in [1.807, 2.05) is 0 Å². The third-order valence-electron chi connectivity index (χ3n) is 3.32. The molecular formula is C11H21NO.